The van der Waals surface area contributed by atoms with E-state index < -0.39 is 0 Å². The van der Waals surface area contributed by atoms with Crippen LogP contribution in [0.4, 0.5) is 0 Å². The molecule has 0 heterocycles. The summed E-state index contributed by atoms with van der Waals surface area (Å²) in [7, 11) is 1.47. The summed E-state index contributed by atoms with van der Waals surface area (Å²) in [5.74, 6) is 5.57. The van der Waals surface area contributed by atoms with Gasteiger partial charge in [0.1, 0.15) is 13.4 Å². The lowest BCUT2D eigenvalue weighted by Gasteiger charge is -1.98. The highest BCUT2D eigenvalue weighted by molar-refractivity contribution is 6.12. The fraction of sp³-hybridized carbons (Fsp3) is 0.286. The molecule has 0 saturated carbocycles. The molecule has 1 rings (SSSR count). The maximum atomic E-state index is 10.5. The number of hydrogen-bond donors (Lipinski definition) is 0. The summed E-state index contributed by atoms with van der Waals surface area (Å²) in [5.41, 5.74) is 2.01. The molecule has 0 radical (unpaired) electrons. The van der Waals surface area contributed by atoms with Crippen LogP contribution >= 0.6 is 0 Å². The number of oxime groups is 1. The molecule has 0 N–H and O–H groups in total. The molecule has 0 aromatic heterocycles. The van der Waals surface area contributed by atoms with Gasteiger partial charge in [-0.1, -0.05) is 49.2 Å². The first kappa shape index (κ1) is 14.9. The van der Waals surface area contributed by atoms with E-state index in [0.29, 0.717) is 11.3 Å². The second kappa shape index (κ2) is 9.17. The van der Waals surface area contributed by atoms with E-state index >= 15 is 0 Å². The summed E-state index contributed by atoms with van der Waals surface area (Å²) in [4.78, 5) is 15.1. The molecule has 0 atom stereocenters. The Morgan fingerprint density at radius 3 is 2.29 bits per heavy atom. The Bertz CT molecular complexity index is 422. The highest BCUT2D eigenvalue weighted by Gasteiger charge is 2.00. The Morgan fingerprint density at radius 2 is 1.88 bits per heavy atom. The van der Waals surface area contributed by atoms with E-state index in [9.17, 15) is 4.79 Å². The second-order valence-corrected chi connectivity index (χ2v) is 2.74. The molecule has 0 unspecified atom stereocenters. The number of aldehydes is 1. The van der Waals surface area contributed by atoms with Crippen molar-refractivity contribution in [2.24, 2.45) is 5.16 Å². The van der Waals surface area contributed by atoms with Crippen molar-refractivity contribution in [1.82, 2.24) is 0 Å². The molecule has 0 aliphatic rings. The van der Waals surface area contributed by atoms with E-state index in [4.69, 9.17) is 0 Å². The van der Waals surface area contributed by atoms with Crippen molar-refractivity contribution in [3.05, 3.63) is 35.4 Å². The van der Waals surface area contributed by atoms with Crippen molar-refractivity contribution >= 4 is 12.0 Å². The molecule has 1 aromatic rings. The Balaban J connectivity index is 0.00000121. The zero-order valence-corrected chi connectivity index (χ0v) is 10.7. The van der Waals surface area contributed by atoms with Crippen LogP contribution in [0.2, 0.25) is 0 Å². The lowest BCUT2D eigenvalue weighted by atomic mass is 10.1. The van der Waals surface area contributed by atoms with Crippen LogP contribution in [-0.4, -0.2) is 19.1 Å². The van der Waals surface area contributed by atoms with Gasteiger partial charge in [-0.05, 0) is 12.8 Å². The van der Waals surface area contributed by atoms with Gasteiger partial charge < -0.3 is 4.84 Å². The van der Waals surface area contributed by atoms with E-state index in [1.807, 2.05) is 13.8 Å². The first-order valence-electron chi connectivity index (χ1n) is 5.41. The maximum Gasteiger partial charge on any atom is 0.159 e. The Kier molecular flexibility index (Phi) is 8.05. The fourth-order valence-electron chi connectivity index (χ4n) is 1.08. The van der Waals surface area contributed by atoms with Crippen LogP contribution in [0.3, 0.4) is 0 Å². The van der Waals surface area contributed by atoms with Crippen LogP contribution < -0.4 is 0 Å². The van der Waals surface area contributed by atoms with Crippen molar-refractivity contribution in [1.29, 1.82) is 0 Å². The molecule has 17 heavy (non-hydrogen) atoms. The zero-order chi connectivity index (χ0) is 13.1. The summed E-state index contributed by atoms with van der Waals surface area (Å²) in [6.07, 6.45) is 0.794. The SMILES string of the molecule is CC.CC#C/C(=N/OC)c1ccc(C=O)cc1. The minimum absolute atomic E-state index is 0.553. The Labute approximate surface area is 102 Å². The molecule has 90 valence electrons. The van der Waals surface area contributed by atoms with E-state index in [2.05, 4.69) is 21.8 Å². The third kappa shape index (κ3) is 4.98. The molecule has 0 bridgehead atoms. The van der Waals surface area contributed by atoms with Gasteiger partial charge in [-0.2, -0.15) is 0 Å². The van der Waals surface area contributed by atoms with Gasteiger partial charge in [0.05, 0.1) is 0 Å². The van der Waals surface area contributed by atoms with Crippen LogP contribution in [0.1, 0.15) is 36.7 Å². The normalized spacial score (nSPS) is 9.29. The monoisotopic (exact) mass is 231 g/mol. The predicted molar refractivity (Wildman–Crippen MR) is 70.2 cm³/mol. The third-order valence-corrected chi connectivity index (χ3v) is 1.75. The van der Waals surface area contributed by atoms with Gasteiger partial charge in [0, 0.05) is 11.1 Å². The quantitative estimate of drug-likeness (QED) is 0.347. The standard InChI is InChI=1S/C12H11NO2.C2H6/c1-3-4-12(13-15-2)11-7-5-10(9-14)6-8-11;1-2/h5-9H,1-2H3;1-2H3/b13-12-;. The highest BCUT2D eigenvalue weighted by Crippen LogP contribution is 2.04. The number of carbonyl (C=O) groups excluding carboxylic acids is 1. The molecule has 0 aliphatic carbocycles. The molecule has 0 aliphatic heterocycles. The maximum absolute atomic E-state index is 10.5. The Hall–Kier alpha value is -2.08. The van der Waals surface area contributed by atoms with Crippen molar-refractivity contribution in [3.63, 3.8) is 0 Å². The van der Waals surface area contributed by atoms with E-state index in [1.54, 1.807) is 31.2 Å². The third-order valence-electron chi connectivity index (χ3n) is 1.75. The summed E-state index contributed by atoms with van der Waals surface area (Å²) in [5, 5.41) is 3.79. The van der Waals surface area contributed by atoms with Gasteiger partial charge in [-0.15, -0.1) is 0 Å². The molecule has 0 fully saturated rings. The number of carbonyl (C=O) groups is 1. The van der Waals surface area contributed by atoms with Gasteiger partial charge >= 0.3 is 0 Å². The van der Waals surface area contributed by atoms with Crippen LogP contribution in [0.15, 0.2) is 29.4 Å². The average Bonchev–Trinajstić information content (AvgIpc) is 2.41. The van der Waals surface area contributed by atoms with E-state index in [-0.39, 0.29) is 0 Å². The topological polar surface area (TPSA) is 38.7 Å². The van der Waals surface area contributed by atoms with Gasteiger partial charge in [0.15, 0.2) is 5.71 Å². The molecule has 1 aromatic carbocycles. The molecule has 0 spiro atoms. The number of rotatable bonds is 3. The van der Waals surface area contributed by atoms with Crippen LogP contribution in [0.25, 0.3) is 0 Å². The number of nitrogens with zero attached hydrogens (tertiary/aromatic N) is 1. The van der Waals surface area contributed by atoms with Gasteiger partial charge in [0.25, 0.3) is 0 Å². The smallest absolute Gasteiger partial charge is 0.159 e. The van der Waals surface area contributed by atoms with Gasteiger partial charge in [0.2, 0.25) is 0 Å². The summed E-state index contributed by atoms with van der Waals surface area (Å²) >= 11 is 0. The zero-order valence-electron chi connectivity index (χ0n) is 10.7. The van der Waals surface area contributed by atoms with Crippen LogP contribution in [0.5, 0.6) is 0 Å². The van der Waals surface area contributed by atoms with Crippen LogP contribution in [-0.2, 0) is 4.84 Å². The summed E-state index contributed by atoms with van der Waals surface area (Å²) < 4.78 is 0. The van der Waals surface area contributed by atoms with E-state index in [0.717, 1.165) is 11.8 Å². The fourth-order valence-corrected chi connectivity index (χ4v) is 1.08. The lowest BCUT2D eigenvalue weighted by Crippen LogP contribution is -1.98. The molecular weight excluding hydrogens is 214 g/mol. The molecule has 0 saturated heterocycles. The van der Waals surface area contributed by atoms with Crippen LogP contribution in [0, 0.1) is 11.8 Å². The predicted octanol–water partition coefficient (Wildman–Crippen LogP) is 2.90. The van der Waals surface area contributed by atoms with Crippen molar-refractivity contribution in [3.8, 4) is 11.8 Å². The minimum Gasteiger partial charge on any atom is -0.398 e. The van der Waals surface area contributed by atoms with Gasteiger partial charge in [-0.3, -0.25) is 4.79 Å². The van der Waals surface area contributed by atoms with Crippen molar-refractivity contribution < 1.29 is 9.63 Å². The lowest BCUT2D eigenvalue weighted by molar-refractivity contribution is 0.112. The summed E-state index contributed by atoms with van der Waals surface area (Å²) in [6, 6.07) is 6.99. The number of hydrogen-bond acceptors (Lipinski definition) is 3. The van der Waals surface area contributed by atoms with Crippen molar-refractivity contribution in [2.75, 3.05) is 7.11 Å². The van der Waals surface area contributed by atoms with Gasteiger partial charge in [-0.25, -0.2) is 0 Å². The number of benzene rings is 1. The molecule has 0 amide bonds. The van der Waals surface area contributed by atoms with Crippen molar-refractivity contribution in [2.45, 2.75) is 20.8 Å². The first-order chi connectivity index (χ1) is 8.31. The average molecular weight is 231 g/mol. The molecular formula is C14H17NO2. The highest BCUT2D eigenvalue weighted by atomic mass is 16.6. The molecule has 3 heteroatoms. The van der Waals surface area contributed by atoms with E-state index in [1.165, 1.54) is 7.11 Å². The summed E-state index contributed by atoms with van der Waals surface area (Å²) in [6.45, 7) is 5.73. The Morgan fingerprint density at radius 1 is 1.29 bits per heavy atom. The second-order valence-electron chi connectivity index (χ2n) is 2.74. The first-order valence-corrected chi connectivity index (χ1v) is 5.41. The largest absolute Gasteiger partial charge is 0.398 e. The molecule has 3 nitrogen and oxygen atoms in total. The minimum atomic E-state index is 0.553.